The number of ether oxygens (including phenoxy) is 2. The van der Waals surface area contributed by atoms with Crippen LogP contribution >= 0.6 is 24.0 Å². The van der Waals surface area contributed by atoms with Crippen LogP contribution in [0, 0.1) is 11.3 Å². The maximum atomic E-state index is 12.7. The fraction of sp³-hybridized carbons (Fsp3) is 0.105. The normalized spacial score (nSPS) is 17.0. The molecule has 2 aliphatic heterocycles. The van der Waals surface area contributed by atoms with E-state index in [1.54, 1.807) is 29.2 Å². The number of hydrogen-bond donors (Lipinski definition) is 0. The lowest BCUT2D eigenvalue weighted by Crippen LogP contribution is -2.27. The molecule has 5 nitrogen and oxygen atoms in total. The second-order valence-electron chi connectivity index (χ2n) is 5.69. The molecule has 4 rings (SSSR count). The van der Waals surface area contributed by atoms with E-state index in [0.717, 1.165) is 11.1 Å². The first-order chi connectivity index (χ1) is 12.6. The lowest BCUT2D eigenvalue weighted by Gasteiger charge is -2.14. The van der Waals surface area contributed by atoms with Gasteiger partial charge in [0.25, 0.3) is 5.91 Å². The summed E-state index contributed by atoms with van der Waals surface area (Å²) >= 11 is 6.64. The third-order valence-corrected chi connectivity index (χ3v) is 5.34. The zero-order valence-electron chi connectivity index (χ0n) is 13.5. The van der Waals surface area contributed by atoms with E-state index in [0.29, 0.717) is 32.8 Å². The van der Waals surface area contributed by atoms with E-state index in [4.69, 9.17) is 27.0 Å². The van der Waals surface area contributed by atoms with Crippen molar-refractivity contribution in [3.63, 3.8) is 0 Å². The van der Waals surface area contributed by atoms with E-state index in [-0.39, 0.29) is 12.7 Å². The standard InChI is InChI=1S/C19H12N2O3S2/c20-9-13-3-1-2-12(6-13)8-17-18(22)21(19(25)26-17)10-14-4-5-15-16(7-14)24-11-23-15/h1-8H,10-11H2. The van der Waals surface area contributed by atoms with Crippen LogP contribution < -0.4 is 9.47 Å². The number of fused-ring (bicyclic) bond motifs is 1. The summed E-state index contributed by atoms with van der Waals surface area (Å²) in [5.74, 6) is 1.24. The smallest absolute Gasteiger partial charge is 0.266 e. The monoisotopic (exact) mass is 380 g/mol. The predicted octanol–water partition coefficient (Wildman–Crippen LogP) is 3.69. The van der Waals surface area contributed by atoms with Gasteiger partial charge in [0.1, 0.15) is 4.32 Å². The largest absolute Gasteiger partial charge is 0.454 e. The maximum absolute atomic E-state index is 12.7. The van der Waals surface area contributed by atoms with Crippen LogP contribution in [-0.2, 0) is 11.3 Å². The van der Waals surface area contributed by atoms with E-state index in [1.165, 1.54) is 11.8 Å². The quantitative estimate of drug-likeness (QED) is 0.598. The number of benzene rings is 2. The number of thiocarbonyl (C=S) groups is 1. The molecule has 26 heavy (non-hydrogen) atoms. The molecule has 128 valence electrons. The summed E-state index contributed by atoms with van der Waals surface area (Å²) in [6.07, 6.45) is 1.76. The Balaban J connectivity index is 1.55. The maximum Gasteiger partial charge on any atom is 0.266 e. The second kappa shape index (κ2) is 6.83. The molecule has 0 atom stereocenters. The van der Waals surface area contributed by atoms with Crippen molar-refractivity contribution in [2.24, 2.45) is 0 Å². The van der Waals surface area contributed by atoms with Gasteiger partial charge in [-0.2, -0.15) is 5.26 Å². The molecule has 1 fully saturated rings. The Morgan fingerprint density at radius 2 is 2.08 bits per heavy atom. The zero-order valence-corrected chi connectivity index (χ0v) is 15.1. The lowest BCUT2D eigenvalue weighted by molar-refractivity contribution is -0.122. The zero-order chi connectivity index (χ0) is 18.1. The summed E-state index contributed by atoms with van der Waals surface area (Å²) in [5.41, 5.74) is 2.26. The Hall–Kier alpha value is -2.82. The highest BCUT2D eigenvalue weighted by Crippen LogP contribution is 2.36. The van der Waals surface area contributed by atoms with Crippen molar-refractivity contribution < 1.29 is 14.3 Å². The Bertz CT molecular complexity index is 995. The van der Waals surface area contributed by atoms with Crippen LogP contribution in [0.5, 0.6) is 11.5 Å². The van der Waals surface area contributed by atoms with Crippen molar-refractivity contribution in [1.29, 1.82) is 5.26 Å². The van der Waals surface area contributed by atoms with Crippen molar-refractivity contribution in [3.05, 3.63) is 64.1 Å². The molecule has 0 N–H and O–H groups in total. The number of nitrogens with zero attached hydrogens (tertiary/aromatic N) is 2. The molecule has 1 saturated heterocycles. The van der Waals surface area contributed by atoms with E-state index < -0.39 is 0 Å². The number of nitriles is 1. The third-order valence-electron chi connectivity index (χ3n) is 3.96. The molecule has 0 spiro atoms. The fourth-order valence-electron chi connectivity index (χ4n) is 2.71. The van der Waals surface area contributed by atoms with Crippen molar-refractivity contribution in [3.8, 4) is 17.6 Å². The number of rotatable bonds is 3. The van der Waals surface area contributed by atoms with Gasteiger partial charge in [-0.25, -0.2) is 0 Å². The van der Waals surface area contributed by atoms with Crippen molar-refractivity contribution >= 4 is 40.3 Å². The van der Waals surface area contributed by atoms with E-state index in [9.17, 15) is 4.79 Å². The molecule has 0 saturated carbocycles. The highest BCUT2D eigenvalue weighted by Gasteiger charge is 2.32. The van der Waals surface area contributed by atoms with Crippen molar-refractivity contribution in [1.82, 2.24) is 4.90 Å². The Labute approximate surface area is 159 Å². The molecular weight excluding hydrogens is 368 g/mol. The van der Waals surface area contributed by atoms with Gasteiger partial charge < -0.3 is 9.47 Å². The summed E-state index contributed by atoms with van der Waals surface area (Å²) in [7, 11) is 0. The van der Waals surface area contributed by atoms with Gasteiger partial charge in [-0.15, -0.1) is 0 Å². The summed E-state index contributed by atoms with van der Waals surface area (Å²) in [6, 6.07) is 14.8. The first-order valence-corrected chi connectivity index (χ1v) is 9.00. The number of carbonyl (C=O) groups excluding carboxylic acids is 1. The van der Waals surface area contributed by atoms with Gasteiger partial charge in [0.2, 0.25) is 6.79 Å². The molecule has 2 aromatic rings. The van der Waals surface area contributed by atoms with Gasteiger partial charge in [0.15, 0.2) is 11.5 Å². The van der Waals surface area contributed by atoms with Crippen LogP contribution in [0.1, 0.15) is 16.7 Å². The molecule has 2 heterocycles. The van der Waals surface area contributed by atoms with Crippen LogP contribution in [0.2, 0.25) is 0 Å². The highest BCUT2D eigenvalue weighted by molar-refractivity contribution is 8.26. The average Bonchev–Trinajstić information content (AvgIpc) is 3.22. The van der Waals surface area contributed by atoms with E-state index >= 15 is 0 Å². The van der Waals surface area contributed by atoms with Crippen LogP contribution in [0.3, 0.4) is 0 Å². The molecular formula is C19H12N2O3S2. The molecule has 0 aliphatic carbocycles. The highest BCUT2D eigenvalue weighted by atomic mass is 32.2. The molecule has 2 aromatic carbocycles. The molecule has 2 aliphatic rings. The third kappa shape index (κ3) is 3.17. The molecule has 7 heteroatoms. The van der Waals surface area contributed by atoms with Gasteiger partial charge >= 0.3 is 0 Å². The predicted molar refractivity (Wildman–Crippen MR) is 102 cm³/mol. The fourth-order valence-corrected chi connectivity index (χ4v) is 3.96. The number of thioether (sulfide) groups is 1. The van der Waals surface area contributed by atoms with Crippen LogP contribution in [-0.4, -0.2) is 21.9 Å². The number of hydrogen-bond acceptors (Lipinski definition) is 6. The summed E-state index contributed by atoms with van der Waals surface area (Å²) < 4.78 is 11.2. The minimum absolute atomic E-state index is 0.139. The Morgan fingerprint density at radius 1 is 1.23 bits per heavy atom. The SMILES string of the molecule is N#Cc1cccc(C=C2SC(=S)N(Cc3ccc4c(c3)OCO4)C2=O)c1. The van der Waals surface area contributed by atoms with Gasteiger partial charge in [-0.1, -0.05) is 42.2 Å². The molecule has 0 aromatic heterocycles. The second-order valence-corrected chi connectivity index (χ2v) is 7.37. The first-order valence-electron chi connectivity index (χ1n) is 7.78. The molecule has 1 amide bonds. The Morgan fingerprint density at radius 3 is 2.92 bits per heavy atom. The molecule has 0 bridgehead atoms. The van der Waals surface area contributed by atoms with Gasteiger partial charge in [-0.3, -0.25) is 9.69 Å². The number of amides is 1. The minimum Gasteiger partial charge on any atom is -0.454 e. The summed E-state index contributed by atoms with van der Waals surface area (Å²) in [4.78, 5) is 14.9. The van der Waals surface area contributed by atoms with E-state index in [2.05, 4.69) is 6.07 Å². The summed E-state index contributed by atoms with van der Waals surface area (Å²) in [5, 5.41) is 9.00. The molecule has 0 radical (unpaired) electrons. The minimum atomic E-state index is -0.139. The van der Waals surface area contributed by atoms with E-state index in [1.807, 2.05) is 24.3 Å². The van der Waals surface area contributed by atoms with Gasteiger partial charge in [0.05, 0.1) is 23.1 Å². The Kier molecular flexibility index (Phi) is 4.37. The number of carbonyl (C=O) groups is 1. The first kappa shape index (κ1) is 16.6. The van der Waals surface area contributed by atoms with Crippen molar-refractivity contribution in [2.75, 3.05) is 6.79 Å². The summed E-state index contributed by atoms with van der Waals surface area (Å²) in [6.45, 7) is 0.585. The molecule has 0 unspecified atom stereocenters. The van der Waals surface area contributed by atoms with Crippen LogP contribution in [0.4, 0.5) is 0 Å². The van der Waals surface area contributed by atoms with Crippen LogP contribution in [0.15, 0.2) is 47.4 Å². The van der Waals surface area contributed by atoms with Crippen LogP contribution in [0.25, 0.3) is 6.08 Å². The lowest BCUT2D eigenvalue weighted by atomic mass is 10.1. The average molecular weight is 380 g/mol. The van der Waals surface area contributed by atoms with Gasteiger partial charge in [0, 0.05) is 0 Å². The van der Waals surface area contributed by atoms with Gasteiger partial charge in [-0.05, 0) is 41.5 Å². The van der Waals surface area contributed by atoms with Crippen molar-refractivity contribution in [2.45, 2.75) is 6.54 Å². The topological polar surface area (TPSA) is 62.6 Å².